The Morgan fingerprint density at radius 3 is 2.45 bits per heavy atom. The molecule has 31 heavy (non-hydrogen) atoms. The zero-order valence-corrected chi connectivity index (χ0v) is 18.4. The second-order valence-electron chi connectivity index (χ2n) is 7.69. The van der Waals surface area contributed by atoms with Crippen molar-refractivity contribution in [2.75, 3.05) is 23.8 Å². The van der Waals surface area contributed by atoms with E-state index in [0.29, 0.717) is 23.5 Å². The molecule has 2 amide bonds. The minimum atomic E-state index is -3.65. The van der Waals surface area contributed by atoms with E-state index < -0.39 is 10.0 Å². The fraction of sp³-hybridized carbons (Fsp3) is 0.364. The monoisotopic (exact) mass is 445 g/mol. The van der Waals surface area contributed by atoms with E-state index >= 15 is 0 Å². The third-order valence-corrected chi connectivity index (χ3v) is 6.30. The number of carbonyl (C=O) groups excluding carboxylic acids is 2. The zero-order chi connectivity index (χ0) is 22.4. The molecule has 1 fully saturated rings. The molecule has 1 atom stereocenters. The molecule has 0 unspecified atom stereocenters. The van der Waals surface area contributed by atoms with Gasteiger partial charge >= 0.3 is 0 Å². The topological polar surface area (TPSA) is 114 Å². The van der Waals surface area contributed by atoms with Crippen molar-refractivity contribution in [2.45, 2.75) is 37.7 Å². The maximum atomic E-state index is 12.5. The third kappa shape index (κ3) is 6.36. The van der Waals surface area contributed by atoms with E-state index in [4.69, 9.17) is 4.74 Å². The molecule has 0 aromatic heterocycles. The second kappa shape index (κ2) is 10.0. The number of hydrogen-bond donors (Lipinski definition) is 3. The summed E-state index contributed by atoms with van der Waals surface area (Å²) in [6.07, 6.45) is 1.69. The van der Waals surface area contributed by atoms with E-state index in [1.165, 1.54) is 24.3 Å². The van der Waals surface area contributed by atoms with E-state index in [1.807, 2.05) is 0 Å². The van der Waals surface area contributed by atoms with Gasteiger partial charge in [-0.15, -0.1) is 0 Å². The van der Waals surface area contributed by atoms with Gasteiger partial charge in [-0.1, -0.05) is 19.9 Å². The zero-order valence-electron chi connectivity index (χ0n) is 17.6. The van der Waals surface area contributed by atoms with E-state index in [2.05, 4.69) is 15.4 Å². The molecular weight excluding hydrogens is 418 g/mol. The smallest absolute Gasteiger partial charge is 0.255 e. The Labute approximate surface area is 182 Å². The number of rotatable bonds is 8. The van der Waals surface area contributed by atoms with E-state index in [-0.39, 0.29) is 35.3 Å². The fourth-order valence-electron chi connectivity index (χ4n) is 3.04. The van der Waals surface area contributed by atoms with Crippen LogP contribution in [-0.2, 0) is 19.6 Å². The number of carbonyl (C=O) groups is 2. The molecule has 9 heteroatoms. The predicted molar refractivity (Wildman–Crippen MR) is 118 cm³/mol. The molecule has 1 aliphatic heterocycles. The first kappa shape index (κ1) is 22.9. The normalized spacial score (nSPS) is 16.3. The van der Waals surface area contributed by atoms with Crippen LogP contribution in [0.3, 0.4) is 0 Å². The van der Waals surface area contributed by atoms with E-state index in [0.717, 1.165) is 12.8 Å². The summed E-state index contributed by atoms with van der Waals surface area (Å²) < 4.78 is 32.8. The number of anilines is 2. The quantitative estimate of drug-likeness (QED) is 0.578. The maximum Gasteiger partial charge on any atom is 0.255 e. The van der Waals surface area contributed by atoms with Crippen molar-refractivity contribution in [1.82, 2.24) is 4.72 Å². The van der Waals surface area contributed by atoms with Gasteiger partial charge in [0.25, 0.3) is 5.91 Å². The Morgan fingerprint density at radius 1 is 1.06 bits per heavy atom. The molecule has 0 bridgehead atoms. The maximum absolute atomic E-state index is 12.5. The first-order valence-corrected chi connectivity index (χ1v) is 11.7. The lowest BCUT2D eigenvalue weighted by Crippen LogP contribution is -2.31. The lowest BCUT2D eigenvalue weighted by molar-refractivity contribution is -0.118. The van der Waals surface area contributed by atoms with Crippen LogP contribution in [0.5, 0.6) is 0 Å². The van der Waals surface area contributed by atoms with Crippen molar-refractivity contribution < 1.29 is 22.7 Å². The van der Waals surface area contributed by atoms with Crippen molar-refractivity contribution in [3.63, 3.8) is 0 Å². The van der Waals surface area contributed by atoms with Gasteiger partial charge in [-0.25, -0.2) is 13.1 Å². The highest BCUT2D eigenvalue weighted by Crippen LogP contribution is 2.18. The highest BCUT2D eigenvalue weighted by molar-refractivity contribution is 7.89. The lowest BCUT2D eigenvalue weighted by Gasteiger charge is -2.12. The highest BCUT2D eigenvalue weighted by atomic mass is 32.2. The molecule has 1 heterocycles. The van der Waals surface area contributed by atoms with Gasteiger partial charge in [0, 0.05) is 36.0 Å². The van der Waals surface area contributed by atoms with Crippen LogP contribution in [0.15, 0.2) is 53.4 Å². The molecule has 2 aromatic rings. The molecule has 8 nitrogen and oxygen atoms in total. The average Bonchev–Trinajstić information content (AvgIpc) is 3.27. The van der Waals surface area contributed by atoms with Crippen LogP contribution in [0, 0.1) is 5.92 Å². The Morgan fingerprint density at radius 2 is 1.81 bits per heavy atom. The van der Waals surface area contributed by atoms with E-state index in [9.17, 15) is 18.0 Å². The SMILES string of the molecule is CC(C)C(=O)Nc1cccc(C(=O)Nc2ccc(S(=O)(=O)NC[C@@H]3CCCO3)cc2)c1. The molecule has 0 radical (unpaired) electrons. The first-order chi connectivity index (χ1) is 14.7. The molecule has 1 saturated heterocycles. The molecular formula is C22H27N3O5S. The summed E-state index contributed by atoms with van der Waals surface area (Å²) in [5.74, 6) is -0.678. The van der Waals surface area contributed by atoms with Crippen LogP contribution >= 0.6 is 0 Å². The third-order valence-electron chi connectivity index (χ3n) is 4.86. The standard InChI is InChI=1S/C22H27N3O5S/c1-15(2)21(26)25-18-6-3-5-16(13-18)22(27)24-17-8-10-20(11-9-17)31(28,29)23-14-19-7-4-12-30-19/h3,5-6,8-11,13,15,19,23H,4,7,12,14H2,1-2H3,(H,24,27)(H,25,26)/t19-/m0/s1. The van der Waals surface area contributed by atoms with E-state index in [1.54, 1.807) is 38.1 Å². The Kier molecular flexibility index (Phi) is 7.42. The second-order valence-corrected chi connectivity index (χ2v) is 9.46. The minimum Gasteiger partial charge on any atom is -0.377 e. The molecule has 3 rings (SSSR count). The Balaban J connectivity index is 1.61. The van der Waals surface area contributed by atoms with Crippen LogP contribution in [0.25, 0.3) is 0 Å². The summed E-state index contributed by atoms with van der Waals surface area (Å²) in [6, 6.07) is 12.5. The summed E-state index contributed by atoms with van der Waals surface area (Å²) in [6.45, 7) is 4.47. The summed E-state index contributed by atoms with van der Waals surface area (Å²) >= 11 is 0. The van der Waals surface area contributed by atoms with Gasteiger partial charge in [0.1, 0.15) is 0 Å². The van der Waals surface area contributed by atoms with Crippen molar-refractivity contribution in [3.8, 4) is 0 Å². The van der Waals surface area contributed by atoms with Crippen molar-refractivity contribution in [2.24, 2.45) is 5.92 Å². The van der Waals surface area contributed by atoms with Crippen LogP contribution in [-0.4, -0.2) is 39.5 Å². The largest absolute Gasteiger partial charge is 0.377 e. The Bertz CT molecular complexity index is 1030. The molecule has 0 aliphatic carbocycles. The highest BCUT2D eigenvalue weighted by Gasteiger charge is 2.20. The van der Waals surface area contributed by atoms with Crippen molar-refractivity contribution in [3.05, 3.63) is 54.1 Å². The fourth-order valence-corrected chi connectivity index (χ4v) is 4.10. The van der Waals surface area contributed by atoms with Crippen LogP contribution in [0.4, 0.5) is 11.4 Å². The molecule has 2 aromatic carbocycles. The predicted octanol–water partition coefficient (Wildman–Crippen LogP) is 2.99. The number of amides is 2. The molecule has 0 saturated carbocycles. The summed E-state index contributed by atoms with van der Waals surface area (Å²) in [4.78, 5) is 24.5. The average molecular weight is 446 g/mol. The number of sulfonamides is 1. The van der Waals surface area contributed by atoms with Crippen molar-refractivity contribution in [1.29, 1.82) is 0 Å². The summed E-state index contributed by atoms with van der Waals surface area (Å²) in [7, 11) is -3.65. The molecule has 166 valence electrons. The number of ether oxygens (including phenoxy) is 1. The van der Waals surface area contributed by atoms with Gasteiger partial charge in [0.2, 0.25) is 15.9 Å². The number of benzene rings is 2. The number of hydrogen-bond acceptors (Lipinski definition) is 5. The van der Waals surface area contributed by atoms with Gasteiger partial charge in [-0.2, -0.15) is 0 Å². The molecule has 1 aliphatic rings. The van der Waals surface area contributed by atoms with Crippen LogP contribution < -0.4 is 15.4 Å². The summed E-state index contributed by atoms with van der Waals surface area (Å²) in [5.41, 5.74) is 1.36. The molecule has 0 spiro atoms. The van der Waals surface area contributed by atoms with Gasteiger partial charge in [0.05, 0.1) is 11.0 Å². The summed E-state index contributed by atoms with van der Waals surface area (Å²) in [5, 5.41) is 5.49. The first-order valence-electron chi connectivity index (χ1n) is 10.2. The Hall–Kier alpha value is -2.75. The number of nitrogens with one attached hydrogen (secondary N) is 3. The van der Waals surface area contributed by atoms with Gasteiger partial charge < -0.3 is 15.4 Å². The lowest BCUT2D eigenvalue weighted by atomic mass is 10.1. The minimum absolute atomic E-state index is 0.0885. The van der Waals surface area contributed by atoms with Gasteiger partial charge in [-0.3, -0.25) is 9.59 Å². The van der Waals surface area contributed by atoms with Crippen molar-refractivity contribution >= 4 is 33.2 Å². The van der Waals surface area contributed by atoms with Crippen LogP contribution in [0.2, 0.25) is 0 Å². The van der Waals surface area contributed by atoms with Crippen LogP contribution in [0.1, 0.15) is 37.0 Å². The molecule has 3 N–H and O–H groups in total. The van der Waals surface area contributed by atoms with Gasteiger partial charge in [-0.05, 0) is 55.3 Å². The van der Waals surface area contributed by atoms with Gasteiger partial charge in [0.15, 0.2) is 0 Å².